The summed E-state index contributed by atoms with van der Waals surface area (Å²) in [6, 6.07) is 5.53. The Morgan fingerprint density at radius 3 is 2.69 bits per heavy atom. The normalized spacial score (nSPS) is 18.8. The Balaban J connectivity index is 1.75. The predicted octanol–water partition coefficient (Wildman–Crippen LogP) is 3.11. The summed E-state index contributed by atoms with van der Waals surface area (Å²) in [4.78, 5) is 12.5. The van der Waals surface area contributed by atoms with E-state index in [2.05, 4.69) is 26.3 Å². The minimum Gasteiger partial charge on any atom is -0.326 e. The van der Waals surface area contributed by atoms with Crippen LogP contribution < -0.4 is 5.32 Å². The summed E-state index contributed by atoms with van der Waals surface area (Å²) in [5.74, 6) is 0.213. The molecule has 1 N–H and O–H groups in total. The highest BCUT2D eigenvalue weighted by molar-refractivity contribution is 9.10. The molecule has 1 aromatic heterocycles. The number of benzene rings is 1. The first-order chi connectivity index (χ1) is 12.2. The molecule has 3 rings (SSSR count). The highest BCUT2D eigenvalue weighted by atomic mass is 79.9. The molecule has 1 fully saturated rings. The smallest absolute Gasteiger partial charge is 0.228 e. The largest absolute Gasteiger partial charge is 0.326 e. The zero-order valence-electron chi connectivity index (χ0n) is 15.0. The van der Waals surface area contributed by atoms with Gasteiger partial charge in [0.1, 0.15) is 0 Å². The van der Waals surface area contributed by atoms with Crippen LogP contribution in [0.25, 0.3) is 0 Å². The first kappa shape index (κ1) is 19.1. The van der Waals surface area contributed by atoms with Crippen LogP contribution in [-0.4, -0.2) is 35.6 Å². The van der Waals surface area contributed by atoms with Crippen LogP contribution in [0, 0.1) is 20.8 Å². The fourth-order valence-electron chi connectivity index (χ4n) is 3.36. The van der Waals surface area contributed by atoms with E-state index in [-0.39, 0.29) is 29.9 Å². The summed E-state index contributed by atoms with van der Waals surface area (Å²) in [5, 5.41) is 7.42. The zero-order valence-corrected chi connectivity index (χ0v) is 17.4. The van der Waals surface area contributed by atoms with Crippen molar-refractivity contribution in [1.29, 1.82) is 0 Å². The second-order valence-corrected chi connectivity index (χ2v) is 9.92. The maximum Gasteiger partial charge on any atom is 0.228 e. The lowest BCUT2D eigenvalue weighted by Crippen LogP contribution is -2.16. The summed E-state index contributed by atoms with van der Waals surface area (Å²) < 4.78 is 26.3. The van der Waals surface area contributed by atoms with Gasteiger partial charge in [0.2, 0.25) is 5.91 Å². The number of hydrogen-bond donors (Lipinski definition) is 1. The SMILES string of the molecule is Cc1cc(NC(=O)Cc2c(C)nn(C3CCS(=O)(=O)C3)c2C)ccc1Br. The first-order valence-corrected chi connectivity index (χ1v) is 11.1. The number of sulfone groups is 1. The molecule has 1 aliphatic rings. The minimum absolute atomic E-state index is 0.114. The molecule has 0 aliphatic carbocycles. The number of rotatable bonds is 4. The maximum absolute atomic E-state index is 12.5. The summed E-state index contributed by atoms with van der Waals surface area (Å²) in [5.41, 5.74) is 4.30. The van der Waals surface area contributed by atoms with E-state index in [1.54, 1.807) is 4.68 Å². The number of aryl methyl sites for hydroxylation is 2. The molecule has 1 amide bonds. The van der Waals surface area contributed by atoms with Gasteiger partial charge in [-0.3, -0.25) is 9.48 Å². The van der Waals surface area contributed by atoms with Gasteiger partial charge in [0.15, 0.2) is 9.84 Å². The van der Waals surface area contributed by atoms with Crippen molar-refractivity contribution in [2.24, 2.45) is 0 Å². The van der Waals surface area contributed by atoms with Crippen LogP contribution in [0.15, 0.2) is 22.7 Å². The molecule has 1 aromatic carbocycles. The molecule has 0 radical (unpaired) electrons. The molecule has 6 nitrogen and oxygen atoms in total. The summed E-state index contributed by atoms with van der Waals surface area (Å²) in [6.07, 6.45) is 0.792. The number of carbonyl (C=O) groups is 1. The summed E-state index contributed by atoms with van der Waals surface area (Å²) in [6.45, 7) is 5.73. The van der Waals surface area contributed by atoms with E-state index >= 15 is 0 Å². The van der Waals surface area contributed by atoms with Crippen molar-refractivity contribution in [2.75, 3.05) is 16.8 Å². The number of nitrogens with zero attached hydrogens (tertiary/aromatic N) is 2. The number of amides is 1. The quantitative estimate of drug-likeness (QED) is 0.793. The second-order valence-electron chi connectivity index (χ2n) is 6.84. The Bertz CT molecular complexity index is 966. The monoisotopic (exact) mass is 439 g/mol. The van der Waals surface area contributed by atoms with Crippen molar-refractivity contribution >= 4 is 37.4 Å². The van der Waals surface area contributed by atoms with Gasteiger partial charge in [-0.25, -0.2) is 8.42 Å². The lowest BCUT2D eigenvalue weighted by molar-refractivity contribution is -0.115. The van der Waals surface area contributed by atoms with Crippen LogP contribution in [0.5, 0.6) is 0 Å². The van der Waals surface area contributed by atoms with E-state index in [0.717, 1.165) is 32.7 Å². The first-order valence-electron chi connectivity index (χ1n) is 8.47. The minimum atomic E-state index is -2.98. The van der Waals surface area contributed by atoms with Crippen molar-refractivity contribution < 1.29 is 13.2 Å². The molecule has 1 unspecified atom stereocenters. The van der Waals surface area contributed by atoms with Gasteiger partial charge in [-0.05, 0) is 51.0 Å². The van der Waals surface area contributed by atoms with Crippen molar-refractivity contribution in [1.82, 2.24) is 9.78 Å². The summed E-state index contributed by atoms with van der Waals surface area (Å²) >= 11 is 3.44. The fraction of sp³-hybridized carbons (Fsp3) is 0.444. The Labute approximate surface area is 162 Å². The van der Waals surface area contributed by atoms with Crippen molar-refractivity contribution in [3.63, 3.8) is 0 Å². The molecule has 0 saturated carbocycles. The van der Waals surface area contributed by atoms with Gasteiger partial charge in [-0.2, -0.15) is 5.10 Å². The molecule has 0 bridgehead atoms. The van der Waals surface area contributed by atoms with E-state index in [1.807, 2.05) is 39.0 Å². The van der Waals surface area contributed by atoms with E-state index in [1.165, 1.54) is 0 Å². The van der Waals surface area contributed by atoms with E-state index < -0.39 is 9.84 Å². The lowest BCUT2D eigenvalue weighted by Gasteiger charge is -2.11. The number of nitrogens with one attached hydrogen (secondary N) is 1. The predicted molar refractivity (Wildman–Crippen MR) is 105 cm³/mol. The standard InChI is InChI=1S/C18H22BrN3O3S/c1-11-8-14(4-5-17(11)19)20-18(23)9-16-12(2)21-22(13(16)3)15-6-7-26(24,25)10-15/h4-5,8,15H,6-7,9-10H2,1-3H3,(H,20,23). The molecule has 140 valence electrons. The number of carbonyl (C=O) groups excluding carboxylic acids is 1. The van der Waals surface area contributed by atoms with Gasteiger partial charge in [-0.15, -0.1) is 0 Å². The Hall–Kier alpha value is -1.67. The van der Waals surface area contributed by atoms with Crippen molar-refractivity contribution in [2.45, 2.75) is 39.7 Å². The molecule has 26 heavy (non-hydrogen) atoms. The fourth-order valence-corrected chi connectivity index (χ4v) is 5.30. The number of halogens is 1. The van der Waals surface area contributed by atoms with Crippen LogP contribution in [-0.2, 0) is 21.1 Å². The van der Waals surface area contributed by atoms with Crippen LogP contribution in [0.2, 0.25) is 0 Å². The number of aromatic nitrogens is 2. The van der Waals surface area contributed by atoms with E-state index in [4.69, 9.17) is 0 Å². The third kappa shape index (κ3) is 4.01. The third-order valence-corrected chi connectivity index (χ3v) is 7.45. The van der Waals surface area contributed by atoms with Gasteiger partial charge in [-0.1, -0.05) is 15.9 Å². The lowest BCUT2D eigenvalue weighted by atomic mass is 10.1. The average molecular weight is 440 g/mol. The molecular weight excluding hydrogens is 418 g/mol. The average Bonchev–Trinajstić information content (AvgIpc) is 3.04. The van der Waals surface area contributed by atoms with Gasteiger partial charge >= 0.3 is 0 Å². The molecule has 2 heterocycles. The van der Waals surface area contributed by atoms with Gasteiger partial charge in [0, 0.05) is 21.4 Å². The van der Waals surface area contributed by atoms with Gasteiger partial charge in [0.05, 0.1) is 29.7 Å². The maximum atomic E-state index is 12.5. The molecule has 8 heteroatoms. The van der Waals surface area contributed by atoms with E-state index in [0.29, 0.717) is 6.42 Å². The van der Waals surface area contributed by atoms with Crippen LogP contribution in [0.3, 0.4) is 0 Å². The third-order valence-electron chi connectivity index (χ3n) is 4.81. The molecule has 1 saturated heterocycles. The van der Waals surface area contributed by atoms with Crippen LogP contribution >= 0.6 is 15.9 Å². The molecule has 1 aliphatic heterocycles. The molecule has 0 spiro atoms. The van der Waals surface area contributed by atoms with Crippen LogP contribution in [0.1, 0.15) is 35.0 Å². The second kappa shape index (κ2) is 7.15. The Morgan fingerprint density at radius 2 is 2.08 bits per heavy atom. The molecular formula is C18H22BrN3O3S. The number of anilines is 1. The van der Waals surface area contributed by atoms with E-state index in [9.17, 15) is 13.2 Å². The highest BCUT2D eigenvalue weighted by Crippen LogP contribution is 2.27. The zero-order chi connectivity index (χ0) is 19.1. The molecule has 2 aromatic rings. The van der Waals surface area contributed by atoms with Crippen molar-refractivity contribution in [3.05, 3.63) is 45.2 Å². The summed E-state index contributed by atoms with van der Waals surface area (Å²) in [7, 11) is -2.98. The number of hydrogen-bond acceptors (Lipinski definition) is 4. The van der Waals surface area contributed by atoms with Gasteiger partial charge < -0.3 is 5.32 Å². The Morgan fingerprint density at radius 1 is 1.35 bits per heavy atom. The van der Waals surface area contributed by atoms with Crippen LogP contribution in [0.4, 0.5) is 5.69 Å². The van der Waals surface area contributed by atoms with Gasteiger partial charge in [0.25, 0.3) is 0 Å². The van der Waals surface area contributed by atoms with Crippen molar-refractivity contribution in [3.8, 4) is 0 Å². The Kier molecular flexibility index (Phi) is 5.25. The highest BCUT2D eigenvalue weighted by Gasteiger charge is 2.31. The molecule has 1 atom stereocenters. The topological polar surface area (TPSA) is 81.1 Å².